The first-order valence-electron chi connectivity index (χ1n) is 3.61. The molecule has 1 aromatic rings. The third-order valence-corrected chi connectivity index (χ3v) is 2.66. The lowest BCUT2D eigenvalue weighted by Crippen LogP contribution is -2.06. The first-order valence-corrected chi connectivity index (χ1v) is 4.43. The second-order valence-electron chi connectivity index (χ2n) is 2.52. The number of Topliss-reactive ketones (excluding diaryl/α,β-unsaturated/α-hetero) is 1. The zero-order chi connectivity index (χ0) is 9.14. The van der Waals surface area contributed by atoms with E-state index in [-0.39, 0.29) is 12.4 Å². The summed E-state index contributed by atoms with van der Waals surface area (Å²) in [4.78, 5) is 16.4. The maximum absolute atomic E-state index is 11.2. The smallest absolute Gasteiger partial charge is 0.216 e. The van der Waals surface area contributed by atoms with Gasteiger partial charge in [-0.05, 0) is 13.8 Å². The summed E-state index contributed by atoms with van der Waals surface area (Å²) < 4.78 is 4.72. The molecule has 0 bridgehead atoms. The highest BCUT2D eigenvalue weighted by molar-refractivity contribution is 7.13. The summed E-state index contributed by atoms with van der Waals surface area (Å²) in [7, 11) is 1.51. The zero-order valence-corrected chi connectivity index (χ0v) is 8.20. The van der Waals surface area contributed by atoms with Gasteiger partial charge in [0.15, 0.2) is 5.01 Å². The lowest BCUT2D eigenvalue weighted by atomic mass is 10.4. The number of methoxy groups -OCH3 is 1. The van der Waals surface area contributed by atoms with Crippen LogP contribution in [-0.4, -0.2) is 24.5 Å². The maximum atomic E-state index is 11.2. The lowest BCUT2D eigenvalue weighted by Gasteiger charge is -1.91. The van der Waals surface area contributed by atoms with Gasteiger partial charge in [-0.1, -0.05) is 0 Å². The highest BCUT2D eigenvalue weighted by atomic mass is 32.1. The minimum absolute atomic E-state index is 0.0429. The Labute approximate surface area is 75.4 Å². The van der Waals surface area contributed by atoms with Crippen LogP contribution in [0.4, 0.5) is 0 Å². The van der Waals surface area contributed by atoms with Gasteiger partial charge in [0.1, 0.15) is 6.61 Å². The van der Waals surface area contributed by atoms with Crippen LogP contribution < -0.4 is 0 Å². The molecule has 0 fully saturated rings. The van der Waals surface area contributed by atoms with Gasteiger partial charge in [-0.2, -0.15) is 0 Å². The Balaban J connectivity index is 2.82. The SMILES string of the molecule is COCC(=O)c1nc(C)c(C)s1. The number of hydrogen-bond donors (Lipinski definition) is 0. The van der Waals surface area contributed by atoms with E-state index in [1.54, 1.807) is 0 Å². The third-order valence-electron chi connectivity index (χ3n) is 1.54. The Morgan fingerprint density at radius 3 is 2.67 bits per heavy atom. The second kappa shape index (κ2) is 3.78. The zero-order valence-electron chi connectivity index (χ0n) is 7.38. The molecule has 0 saturated heterocycles. The van der Waals surface area contributed by atoms with Crippen molar-refractivity contribution in [3.63, 3.8) is 0 Å². The Bertz CT molecular complexity index is 274. The van der Waals surface area contributed by atoms with Gasteiger partial charge in [-0.25, -0.2) is 4.98 Å². The van der Waals surface area contributed by atoms with Crippen LogP contribution in [0.1, 0.15) is 20.4 Å². The summed E-state index contributed by atoms with van der Waals surface area (Å²) in [5.41, 5.74) is 0.930. The lowest BCUT2D eigenvalue weighted by molar-refractivity contribution is 0.0847. The first kappa shape index (κ1) is 9.35. The standard InChI is InChI=1S/C8H11NO2S/c1-5-6(2)12-8(9-5)7(10)4-11-3/h4H2,1-3H3. The van der Waals surface area contributed by atoms with Crippen LogP contribution in [0.5, 0.6) is 0 Å². The van der Waals surface area contributed by atoms with E-state index in [0.717, 1.165) is 10.6 Å². The van der Waals surface area contributed by atoms with Gasteiger partial charge < -0.3 is 4.74 Å². The molecular weight excluding hydrogens is 174 g/mol. The summed E-state index contributed by atoms with van der Waals surface area (Å²) in [6, 6.07) is 0. The van der Waals surface area contributed by atoms with Gasteiger partial charge in [0.25, 0.3) is 0 Å². The molecule has 0 aromatic carbocycles. The number of carbonyl (C=O) groups is 1. The molecule has 3 nitrogen and oxygen atoms in total. The fourth-order valence-corrected chi connectivity index (χ4v) is 1.62. The van der Waals surface area contributed by atoms with Crippen LogP contribution in [0.3, 0.4) is 0 Å². The average Bonchev–Trinajstić information content (AvgIpc) is 2.33. The molecule has 0 aliphatic rings. The number of hydrogen-bond acceptors (Lipinski definition) is 4. The molecule has 0 aliphatic heterocycles. The average molecular weight is 185 g/mol. The molecule has 0 atom stereocenters. The van der Waals surface area contributed by atoms with Crippen LogP contribution in [0.25, 0.3) is 0 Å². The monoisotopic (exact) mass is 185 g/mol. The van der Waals surface area contributed by atoms with Crippen molar-refractivity contribution in [3.05, 3.63) is 15.6 Å². The molecule has 0 saturated carbocycles. The molecule has 12 heavy (non-hydrogen) atoms. The van der Waals surface area contributed by atoms with Crippen LogP contribution in [0.15, 0.2) is 0 Å². The topological polar surface area (TPSA) is 39.2 Å². The first-order chi connectivity index (χ1) is 5.65. The van der Waals surface area contributed by atoms with Crippen LogP contribution in [0.2, 0.25) is 0 Å². The number of ketones is 1. The molecule has 0 spiro atoms. The van der Waals surface area contributed by atoms with Crippen molar-refractivity contribution >= 4 is 17.1 Å². The fraction of sp³-hybridized carbons (Fsp3) is 0.500. The number of rotatable bonds is 3. The van der Waals surface area contributed by atoms with Gasteiger partial charge >= 0.3 is 0 Å². The molecule has 0 aliphatic carbocycles. The highest BCUT2D eigenvalue weighted by Crippen LogP contribution is 2.16. The van der Waals surface area contributed by atoms with Crippen LogP contribution in [0, 0.1) is 13.8 Å². The van der Waals surface area contributed by atoms with E-state index >= 15 is 0 Å². The summed E-state index contributed by atoms with van der Waals surface area (Å²) in [5, 5.41) is 0.548. The summed E-state index contributed by atoms with van der Waals surface area (Å²) in [5.74, 6) is -0.0429. The van der Waals surface area contributed by atoms with Crippen LogP contribution >= 0.6 is 11.3 Å². The third kappa shape index (κ3) is 1.89. The Morgan fingerprint density at radius 2 is 2.25 bits per heavy atom. The molecule has 66 valence electrons. The number of ether oxygens (including phenoxy) is 1. The van der Waals surface area contributed by atoms with E-state index in [4.69, 9.17) is 4.74 Å². The van der Waals surface area contributed by atoms with Crippen LogP contribution in [-0.2, 0) is 4.74 Å². The normalized spacial score (nSPS) is 10.2. The molecule has 1 heterocycles. The quantitative estimate of drug-likeness (QED) is 0.671. The minimum Gasteiger partial charge on any atom is -0.376 e. The van der Waals surface area contributed by atoms with Crippen molar-refractivity contribution in [3.8, 4) is 0 Å². The van der Waals surface area contributed by atoms with Crippen molar-refractivity contribution in [2.75, 3.05) is 13.7 Å². The number of thiazole rings is 1. The Kier molecular flexibility index (Phi) is 2.94. The van der Waals surface area contributed by atoms with Crippen molar-refractivity contribution in [1.29, 1.82) is 0 Å². The molecule has 4 heteroatoms. The number of carbonyl (C=O) groups excluding carboxylic acids is 1. The largest absolute Gasteiger partial charge is 0.376 e. The van der Waals surface area contributed by atoms with Gasteiger partial charge in [-0.3, -0.25) is 4.79 Å². The van der Waals surface area contributed by atoms with Crippen molar-refractivity contribution < 1.29 is 9.53 Å². The molecule has 0 N–H and O–H groups in total. The number of nitrogens with zero attached hydrogens (tertiary/aromatic N) is 1. The molecule has 0 amide bonds. The van der Waals surface area contributed by atoms with Gasteiger partial charge in [-0.15, -0.1) is 11.3 Å². The summed E-state index contributed by atoms with van der Waals surface area (Å²) >= 11 is 1.42. The number of aromatic nitrogens is 1. The van der Waals surface area contributed by atoms with E-state index in [1.807, 2.05) is 13.8 Å². The van der Waals surface area contributed by atoms with E-state index in [2.05, 4.69) is 4.98 Å². The predicted molar refractivity (Wildman–Crippen MR) is 47.8 cm³/mol. The summed E-state index contributed by atoms with van der Waals surface area (Å²) in [6.45, 7) is 3.97. The second-order valence-corrected chi connectivity index (χ2v) is 3.72. The van der Waals surface area contributed by atoms with E-state index in [1.165, 1.54) is 18.4 Å². The van der Waals surface area contributed by atoms with E-state index in [0.29, 0.717) is 5.01 Å². The van der Waals surface area contributed by atoms with E-state index < -0.39 is 0 Å². The molecular formula is C8H11NO2S. The molecule has 1 rings (SSSR count). The maximum Gasteiger partial charge on any atom is 0.216 e. The van der Waals surface area contributed by atoms with E-state index in [9.17, 15) is 4.79 Å². The van der Waals surface area contributed by atoms with Gasteiger partial charge in [0.05, 0.1) is 5.69 Å². The van der Waals surface area contributed by atoms with Crippen molar-refractivity contribution in [1.82, 2.24) is 4.98 Å². The van der Waals surface area contributed by atoms with Crippen molar-refractivity contribution in [2.45, 2.75) is 13.8 Å². The molecule has 0 radical (unpaired) electrons. The van der Waals surface area contributed by atoms with Gasteiger partial charge in [0.2, 0.25) is 5.78 Å². The summed E-state index contributed by atoms with van der Waals surface area (Å²) in [6.07, 6.45) is 0. The Hall–Kier alpha value is -0.740. The number of aryl methyl sites for hydroxylation is 2. The predicted octanol–water partition coefficient (Wildman–Crippen LogP) is 1.59. The molecule has 1 aromatic heterocycles. The fourth-order valence-electron chi connectivity index (χ4n) is 0.785. The molecule has 0 unspecified atom stereocenters. The minimum atomic E-state index is -0.0429. The highest BCUT2D eigenvalue weighted by Gasteiger charge is 2.11. The Morgan fingerprint density at radius 1 is 1.58 bits per heavy atom. The van der Waals surface area contributed by atoms with Gasteiger partial charge in [0, 0.05) is 12.0 Å². The van der Waals surface area contributed by atoms with Crippen molar-refractivity contribution in [2.24, 2.45) is 0 Å².